The second-order valence-corrected chi connectivity index (χ2v) is 5.02. The number of hydrogen-bond donors (Lipinski definition) is 3. The topological polar surface area (TPSA) is 109 Å². The van der Waals surface area contributed by atoms with Crippen molar-refractivity contribution in [2.75, 3.05) is 18.6 Å². The van der Waals surface area contributed by atoms with E-state index in [4.69, 9.17) is 10.8 Å². The van der Waals surface area contributed by atoms with Crippen LogP contribution in [0.5, 0.6) is 0 Å². The lowest BCUT2D eigenvalue weighted by Gasteiger charge is -2.10. The Hall–Kier alpha value is -0.950. The molecule has 7 heteroatoms. The lowest BCUT2D eigenvalue weighted by atomic mass is 10.1. The molecule has 1 amide bonds. The van der Waals surface area contributed by atoms with Crippen LogP contribution in [0.2, 0.25) is 0 Å². The average molecular weight is 250 g/mol. The predicted molar refractivity (Wildman–Crippen MR) is 61.4 cm³/mol. The van der Waals surface area contributed by atoms with Gasteiger partial charge in [0, 0.05) is 35.8 Å². The van der Waals surface area contributed by atoms with Gasteiger partial charge in [0.1, 0.15) is 0 Å². The van der Waals surface area contributed by atoms with Gasteiger partial charge in [0.05, 0.1) is 6.04 Å². The van der Waals surface area contributed by atoms with Crippen molar-refractivity contribution in [2.45, 2.75) is 25.3 Å². The smallest absolute Gasteiger partial charge is 0.303 e. The fourth-order valence-electron chi connectivity index (χ4n) is 1.03. The number of aliphatic carboxylic acids is 1. The number of carbonyl (C=O) groups excluding carboxylic acids is 1. The first-order valence-electron chi connectivity index (χ1n) is 4.98. The Morgan fingerprint density at radius 3 is 2.62 bits per heavy atom. The highest BCUT2D eigenvalue weighted by Gasteiger charge is 2.13. The maximum atomic E-state index is 11.3. The summed E-state index contributed by atoms with van der Waals surface area (Å²) in [5, 5.41) is 11.0. The van der Waals surface area contributed by atoms with Gasteiger partial charge in [0.2, 0.25) is 5.91 Å². The molecule has 94 valence electrons. The predicted octanol–water partition coefficient (Wildman–Crippen LogP) is -0.937. The minimum Gasteiger partial charge on any atom is -0.481 e. The number of carbonyl (C=O) groups is 2. The molecule has 2 unspecified atom stereocenters. The van der Waals surface area contributed by atoms with Gasteiger partial charge < -0.3 is 16.2 Å². The van der Waals surface area contributed by atoms with E-state index < -0.39 is 22.8 Å². The molecule has 2 atom stereocenters. The lowest BCUT2D eigenvalue weighted by molar-refractivity contribution is -0.137. The largest absolute Gasteiger partial charge is 0.481 e. The Labute approximate surface area is 97.0 Å². The highest BCUT2D eigenvalue weighted by Crippen LogP contribution is 1.94. The third-order valence-electron chi connectivity index (χ3n) is 1.91. The van der Waals surface area contributed by atoms with Gasteiger partial charge in [-0.1, -0.05) is 0 Å². The van der Waals surface area contributed by atoms with Gasteiger partial charge in [-0.3, -0.25) is 13.8 Å². The maximum Gasteiger partial charge on any atom is 0.303 e. The molecule has 0 radical (unpaired) electrons. The van der Waals surface area contributed by atoms with Gasteiger partial charge >= 0.3 is 5.97 Å². The molecule has 0 aromatic heterocycles. The molecule has 0 aromatic carbocycles. The minimum atomic E-state index is -0.968. The number of carboxylic acid groups (broad SMARTS) is 1. The van der Waals surface area contributed by atoms with E-state index in [1.54, 1.807) is 6.26 Å². The zero-order valence-corrected chi connectivity index (χ0v) is 10.1. The summed E-state index contributed by atoms with van der Waals surface area (Å²) in [6, 6.07) is -0.789. The molecule has 16 heavy (non-hydrogen) atoms. The van der Waals surface area contributed by atoms with Crippen LogP contribution in [0.15, 0.2) is 0 Å². The van der Waals surface area contributed by atoms with Crippen LogP contribution in [-0.4, -0.2) is 45.8 Å². The number of nitrogens with two attached hydrogens (primary N) is 1. The summed E-state index contributed by atoms with van der Waals surface area (Å²) >= 11 is 0. The Bertz CT molecular complexity index is 270. The van der Waals surface area contributed by atoms with Gasteiger partial charge in [-0.15, -0.1) is 0 Å². The molecule has 0 bridgehead atoms. The first kappa shape index (κ1) is 15.0. The van der Waals surface area contributed by atoms with Gasteiger partial charge in [-0.2, -0.15) is 0 Å². The van der Waals surface area contributed by atoms with Crippen molar-refractivity contribution in [3.05, 3.63) is 0 Å². The molecule has 0 saturated heterocycles. The molecule has 0 aliphatic rings. The Morgan fingerprint density at radius 2 is 2.12 bits per heavy atom. The van der Waals surface area contributed by atoms with Crippen molar-refractivity contribution in [1.29, 1.82) is 0 Å². The van der Waals surface area contributed by atoms with Crippen LogP contribution in [0.1, 0.15) is 19.3 Å². The molecule has 6 nitrogen and oxygen atoms in total. The molecule has 0 rings (SSSR count). The molecule has 0 heterocycles. The van der Waals surface area contributed by atoms with Crippen molar-refractivity contribution >= 4 is 22.7 Å². The molecule has 0 aliphatic heterocycles. The van der Waals surface area contributed by atoms with Crippen LogP contribution >= 0.6 is 0 Å². The van der Waals surface area contributed by atoms with Crippen LogP contribution < -0.4 is 11.1 Å². The molecular formula is C9H18N2O4S. The van der Waals surface area contributed by atoms with E-state index in [9.17, 15) is 13.8 Å². The standard InChI is InChI=1S/C9H18N2O4S/c1-16(15)6-2-5-11-9(14)7(10)3-4-8(12)13/h7H,2-6,10H2,1H3,(H,11,14)(H,12,13). The van der Waals surface area contributed by atoms with E-state index in [2.05, 4.69) is 5.32 Å². The van der Waals surface area contributed by atoms with Crippen LogP contribution in [0.4, 0.5) is 0 Å². The van der Waals surface area contributed by atoms with Crippen molar-refractivity contribution in [3.63, 3.8) is 0 Å². The maximum absolute atomic E-state index is 11.3. The number of hydrogen-bond acceptors (Lipinski definition) is 4. The SMILES string of the molecule is CS(=O)CCCNC(=O)C(N)CCC(=O)O. The zero-order valence-electron chi connectivity index (χ0n) is 9.27. The van der Waals surface area contributed by atoms with Crippen molar-refractivity contribution in [1.82, 2.24) is 5.32 Å². The second kappa shape index (κ2) is 8.23. The summed E-state index contributed by atoms with van der Waals surface area (Å²) in [4.78, 5) is 21.5. The highest BCUT2D eigenvalue weighted by atomic mass is 32.2. The van der Waals surface area contributed by atoms with Crippen molar-refractivity contribution < 1.29 is 18.9 Å². The van der Waals surface area contributed by atoms with E-state index in [0.29, 0.717) is 18.7 Å². The van der Waals surface area contributed by atoms with Crippen LogP contribution in [0.25, 0.3) is 0 Å². The third-order valence-corrected chi connectivity index (χ3v) is 2.78. The molecule has 0 aromatic rings. The second-order valence-electron chi connectivity index (χ2n) is 3.46. The van der Waals surface area contributed by atoms with Gasteiger partial charge in [0.15, 0.2) is 0 Å². The van der Waals surface area contributed by atoms with Gasteiger partial charge in [0.25, 0.3) is 0 Å². The zero-order chi connectivity index (χ0) is 12.6. The van der Waals surface area contributed by atoms with Crippen LogP contribution in [-0.2, 0) is 20.4 Å². The van der Waals surface area contributed by atoms with E-state index in [1.165, 1.54) is 0 Å². The minimum absolute atomic E-state index is 0.117. The molecule has 0 saturated carbocycles. The molecule has 4 N–H and O–H groups in total. The van der Waals surface area contributed by atoms with Crippen molar-refractivity contribution in [2.24, 2.45) is 5.73 Å². The summed E-state index contributed by atoms with van der Waals surface area (Å²) in [6.07, 6.45) is 2.23. The van der Waals surface area contributed by atoms with E-state index in [-0.39, 0.29) is 18.7 Å². The normalized spacial score (nSPS) is 14.1. The molecule has 0 fully saturated rings. The number of nitrogens with one attached hydrogen (secondary N) is 1. The Morgan fingerprint density at radius 1 is 1.50 bits per heavy atom. The number of amides is 1. The highest BCUT2D eigenvalue weighted by molar-refractivity contribution is 7.84. The summed E-state index contributed by atoms with van der Waals surface area (Å²) in [5.74, 6) is -0.794. The summed E-state index contributed by atoms with van der Waals surface area (Å²) < 4.78 is 10.7. The first-order chi connectivity index (χ1) is 7.43. The molecular weight excluding hydrogens is 232 g/mol. The summed E-state index contributed by atoms with van der Waals surface area (Å²) in [7, 11) is -0.861. The Balaban J connectivity index is 3.62. The fraction of sp³-hybridized carbons (Fsp3) is 0.778. The monoisotopic (exact) mass is 250 g/mol. The lowest BCUT2D eigenvalue weighted by Crippen LogP contribution is -2.41. The van der Waals surface area contributed by atoms with Crippen molar-refractivity contribution in [3.8, 4) is 0 Å². The summed E-state index contributed by atoms with van der Waals surface area (Å²) in [6.45, 7) is 0.416. The Kier molecular flexibility index (Phi) is 7.74. The fourth-order valence-corrected chi connectivity index (χ4v) is 1.58. The average Bonchev–Trinajstić information content (AvgIpc) is 2.20. The van der Waals surface area contributed by atoms with Crippen LogP contribution in [0, 0.1) is 0 Å². The number of carboxylic acids is 1. The number of rotatable bonds is 8. The van der Waals surface area contributed by atoms with Crippen LogP contribution in [0.3, 0.4) is 0 Å². The first-order valence-corrected chi connectivity index (χ1v) is 6.71. The summed E-state index contributed by atoms with van der Waals surface area (Å²) in [5.41, 5.74) is 5.47. The van der Waals surface area contributed by atoms with Gasteiger partial charge in [-0.05, 0) is 12.8 Å². The van der Waals surface area contributed by atoms with E-state index in [0.717, 1.165) is 0 Å². The van der Waals surface area contributed by atoms with Gasteiger partial charge in [-0.25, -0.2) is 0 Å². The molecule has 0 spiro atoms. The quantitative estimate of drug-likeness (QED) is 0.482. The molecule has 0 aliphatic carbocycles. The van der Waals surface area contributed by atoms with E-state index >= 15 is 0 Å². The third kappa shape index (κ3) is 8.37. The van der Waals surface area contributed by atoms with E-state index in [1.807, 2.05) is 0 Å².